The summed E-state index contributed by atoms with van der Waals surface area (Å²) < 4.78 is 26.1. The molecule has 1 aromatic rings. The zero-order chi connectivity index (χ0) is 15.2. The van der Waals surface area contributed by atoms with E-state index in [0.717, 1.165) is 6.20 Å². The number of carboxylic acids is 1. The highest BCUT2D eigenvalue weighted by molar-refractivity contribution is 7.89. The zero-order valence-electron chi connectivity index (χ0n) is 10.9. The number of rotatable bonds is 7. The highest BCUT2D eigenvalue weighted by Gasteiger charge is 2.21. The molecule has 1 heterocycles. The molecule has 108 valence electrons. The molecule has 1 aromatic heterocycles. The molecule has 7 nitrogen and oxygen atoms in total. The van der Waals surface area contributed by atoms with Crippen molar-refractivity contribution in [2.24, 2.45) is 5.92 Å². The van der Waals surface area contributed by atoms with Gasteiger partial charge in [0.1, 0.15) is 16.7 Å². The monoisotopic (exact) mass is 297 g/mol. The quantitative estimate of drug-likeness (QED) is 0.765. The van der Waals surface area contributed by atoms with Crippen LogP contribution in [0, 0.1) is 17.2 Å². The average molecular weight is 297 g/mol. The second kappa shape index (κ2) is 6.98. The number of nitrogens with zero attached hydrogens (tertiary/aromatic N) is 2. The van der Waals surface area contributed by atoms with Gasteiger partial charge in [0.25, 0.3) is 0 Å². The van der Waals surface area contributed by atoms with E-state index >= 15 is 0 Å². The van der Waals surface area contributed by atoms with Gasteiger partial charge in [-0.1, -0.05) is 13.3 Å². The van der Waals surface area contributed by atoms with Gasteiger partial charge in [0.15, 0.2) is 0 Å². The highest BCUT2D eigenvalue weighted by Crippen LogP contribution is 2.10. The lowest BCUT2D eigenvalue weighted by molar-refractivity contribution is -0.141. The van der Waals surface area contributed by atoms with Crippen molar-refractivity contribution in [1.29, 1.82) is 5.26 Å². The van der Waals surface area contributed by atoms with Crippen molar-refractivity contribution in [3.8, 4) is 6.07 Å². The van der Waals surface area contributed by atoms with E-state index < -0.39 is 21.9 Å². The van der Waals surface area contributed by atoms with Gasteiger partial charge >= 0.3 is 5.97 Å². The Labute approximate surface area is 117 Å². The van der Waals surface area contributed by atoms with Crippen LogP contribution in [-0.4, -0.2) is 31.0 Å². The van der Waals surface area contributed by atoms with Crippen LogP contribution in [0.15, 0.2) is 23.2 Å². The van der Waals surface area contributed by atoms with Crippen LogP contribution in [0.1, 0.15) is 25.5 Å². The number of pyridine rings is 1. The number of sulfonamides is 1. The molecule has 8 heteroatoms. The van der Waals surface area contributed by atoms with Crippen LogP contribution in [0.5, 0.6) is 0 Å². The summed E-state index contributed by atoms with van der Waals surface area (Å²) in [6.07, 6.45) is 2.11. The fraction of sp³-hybridized carbons (Fsp3) is 0.417. The Morgan fingerprint density at radius 3 is 2.70 bits per heavy atom. The maximum Gasteiger partial charge on any atom is 0.307 e. The molecule has 2 N–H and O–H groups in total. The molecular formula is C12H15N3O4S. The molecule has 1 rings (SSSR count). The molecular weight excluding hydrogens is 282 g/mol. The predicted molar refractivity (Wildman–Crippen MR) is 70.2 cm³/mol. The van der Waals surface area contributed by atoms with Crippen molar-refractivity contribution in [2.75, 3.05) is 6.54 Å². The molecule has 0 aliphatic rings. The second-order valence-electron chi connectivity index (χ2n) is 4.17. The second-order valence-corrected chi connectivity index (χ2v) is 5.93. The fourth-order valence-corrected chi connectivity index (χ4v) is 2.59. The minimum Gasteiger partial charge on any atom is -0.481 e. The Bertz CT molecular complexity index is 605. The first-order valence-electron chi connectivity index (χ1n) is 5.99. The predicted octanol–water partition coefficient (Wildman–Crippen LogP) is 0.732. The zero-order valence-corrected chi connectivity index (χ0v) is 11.7. The van der Waals surface area contributed by atoms with Gasteiger partial charge < -0.3 is 5.11 Å². The van der Waals surface area contributed by atoms with Gasteiger partial charge in [0.2, 0.25) is 10.0 Å². The average Bonchev–Trinajstić information content (AvgIpc) is 2.43. The number of aliphatic carboxylic acids is 1. The Balaban J connectivity index is 2.78. The van der Waals surface area contributed by atoms with Crippen molar-refractivity contribution in [1.82, 2.24) is 9.71 Å². The summed E-state index contributed by atoms with van der Waals surface area (Å²) >= 11 is 0. The van der Waals surface area contributed by atoms with Crippen LogP contribution in [0.25, 0.3) is 0 Å². The third-order valence-electron chi connectivity index (χ3n) is 2.67. The molecule has 0 aliphatic heterocycles. The number of hydrogen-bond donors (Lipinski definition) is 2. The summed E-state index contributed by atoms with van der Waals surface area (Å²) in [5, 5.41) is 17.5. The molecule has 1 unspecified atom stereocenters. The lowest BCUT2D eigenvalue weighted by atomic mass is 10.1. The molecule has 0 bridgehead atoms. The van der Waals surface area contributed by atoms with Crippen LogP contribution in [0.4, 0.5) is 0 Å². The number of carbonyl (C=O) groups is 1. The number of nitrogens with one attached hydrogen (secondary N) is 1. The van der Waals surface area contributed by atoms with E-state index in [4.69, 9.17) is 10.4 Å². The molecule has 1 atom stereocenters. The minimum absolute atomic E-state index is 0.0999. The van der Waals surface area contributed by atoms with Gasteiger partial charge in [0, 0.05) is 12.7 Å². The van der Waals surface area contributed by atoms with Gasteiger partial charge in [-0.25, -0.2) is 18.1 Å². The fourth-order valence-electron chi connectivity index (χ4n) is 1.56. The number of aromatic nitrogens is 1. The van der Waals surface area contributed by atoms with Gasteiger partial charge in [-0.3, -0.25) is 4.79 Å². The highest BCUT2D eigenvalue weighted by atomic mass is 32.2. The van der Waals surface area contributed by atoms with Crippen LogP contribution >= 0.6 is 0 Å². The lowest BCUT2D eigenvalue weighted by Gasteiger charge is -2.12. The van der Waals surface area contributed by atoms with Crippen LogP contribution in [0.2, 0.25) is 0 Å². The standard InChI is InChI=1S/C12H15N3O4S/c1-2-3-9(12(16)17)7-15-20(18,19)11-5-4-10(6-13)14-8-11/h4-5,8-9,15H,2-3,7H2,1H3,(H,16,17). The lowest BCUT2D eigenvalue weighted by Crippen LogP contribution is -2.33. The Morgan fingerprint density at radius 1 is 1.55 bits per heavy atom. The number of nitriles is 1. The van der Waals surface area contributed by atoms with Gasteiger partial charge in [0.05, 0.1) is 5.92 Å². The van der Waals surface area contributed by atoms with E-state index in [0.29, 0.717) is 12.8 Å². The SMILES string of the molecule is CCCC(CNS(=O)(=O)c1ccc(C#N)nc1)C(=O)O. The van der Waals surface area contributed by atoms with Gasteiger partial charge in [-0.15, -0.1) is 0 Å². The first-order valence-corrected chi connectivity index (χ1v) is 7.47. The normalized spacial score (nSPS) is 12.6. The van der Waals surface area contributed by atoms with Crippen molar-refractivity contribution >= 4 is 16.0 Å². The largest absolute Gasteiger partial charge is 0.481 e. The van der Waals surface area contributed by atoms with Crippen molar-refractivity contribution in [3.05, 3.63) is 24.0 Å². The third-order valence-corrected chi connectivity index (χ3v) is 4.08. The van der Waals surface area contributed by atoms with Crippen LogP contribution in [-0.2, 0) is 14.8 Å². The molecule has 0 spiro atoms. The third kappa shape index (κ3) is 4.29. The molecule has 0 aromatic carbocycles. The van der Waals surface area contributed by atoms with E-state index in [1.54, 1.807) is 6.07 Å². The molecule has 0 aliphatic carbocycles. The van der Waals surface area contributed by atoms with Gasteiger partial charge in [-0.2, -0.15) is 5.26 Å². The topological polar surface area (TPSA) is 120 Å². The summed E-state index contributed by atoms with van der Waals surface area (Å²) in [6, 6.07) is 4.32. The van der Waals surface area contributed by atoms with Crippen LogP contribution in [0.3, 0.4) is 0 Å². The molecule has 20 heavy (non-hydrogen) atoms. The maximum absolute atomic E-state index is 11.9. The van der Waals surface area contributed by atoms with E-state index in [9.17, 15) is 13.2 Å². The van der Waals surface area contributed by atoms with Gasteiger partial charge in [-0.05, 0) is 18.6 Å². The Morgan fingerprint density at radius 2 is 2.25 bits per heavy atom. The summed E-state index contributed by atoms with van der Waals surface area (Å²) in [5.41, 5.74) is 0.110. The molecule has 0 radical (unpaired) electrons. The van der Waals surface area contributed by atoms with E-state index in [2.05, 4.69) is 9.71 Å². The first kappa shape index (κ1) is 16.1. The summed E-state index contributed by atoms with van der Waals surface area (Å²) in [5.74, 6) is -1.80. The molecule has 0 saturated carbocycles. The maximum atomic E-state index is 11.9. The molecule has 0 fully saturated rings. The van der Waals surface area contributed by atoms with Crippen molar-refractivity contribution in [2.45, 2.75) is 24.7 Å². The molecule has 0 saturated heterocycles. The van der Waals surface area contributed by atoms with Crippen molar-refractivity contribution in [3.63, 3.8) is 0 Å². The number of carboxylic acid groups (broad SMARTS) is 1. The summed E-state index contributed by atoms with van der Waals surface area (Å²) in [4.78, 5) is 14.5. The van der Waals surface area contributed by atoms with E-state index in [1.807, 2.05) is 6.92 Å². The summed E-state index contributed by atoms with van der Waals surface area (Å²) in [6.45, 7) is 1.65. The summed E-state index contributed by atoms with van der Waals surface area (Å²) in [7, 11) is -3.82. The molecule has 0 amide bonds. The number of hydrogen-bond acceptors (Lipinski definition) is 5. The van der Waals surface area contributed by atoms with Crippen LogP contribution < -0.4 is 4.72 Å². The van der Waals surface area contributed by atoms with E-state index in [-0.39, 0.29) is 17.1 Å². The first-order chi connectivity index (χ1) is 9.40. The minimum atomic E-state index is -3.82. The Hall–Kier alpha value is -1.98. The van der Waals surface area contributed by atoms with E-state index in [1.165, 1.54) is 12.1 Å². The smallest absolute Gasteiger partial charge is 0.307 e. The Kier molecular flexibility index (Phi) is 5.61. The van der Waals surface area contributed by atoms with Crippen molar-refractivity contribution < 1.29 is 18.3 Å².